The summed E-state index contributed by atoms with van der Waals surface area (Å²) in [6.45, 7) is 1.98. The molecule has 0 saturated carbocycles. The molecule has 4 nitrogen and oxygen atoms in total. The van der Waals surface area contributed by atoms with Gasteiger partial charge in [0.25, 0.3) is 0 Å². The second-order valence-corrected chi connectivity index (χ2v) is 3.63. The van der Waals surface area contributed by atoms with Crippen molar-refractivity contribution in [2.75, 3.05) is 0 Å². The molecule has 1 aromatic heterocycles. The molecule has 2 N–H and O–H groups in total. The highest BCUT2D eigenvalue weighted by atomic mass is 35.5. The van der Waals surface area contributed by atoms with E-state index < -0.39 is 6.04 Å². The van der Waals surface area contributed by atoms with Crippen LogP contribution in [0.15, 0.2) is 6.20 Å². The Morgan fingerprint density at radius 2 is 2.43 bits per heavy atom. The number of halogens is 1. The van der Waals surface area contributed by atoms with Crippen molar-refractivity contribution in [2.24, 2.45) is 12.8 Å². The fourth-order valence-electron chi connectivity index (χ4n) is 1.31. The molecule has 1 aromatic rings. The van der Waals surface area contributed by atoms with E-state index in [4.69, 9.17) is 17.3 Å². The number of nitrogens with two attached hydrogens (primary N) is 1. The van der Waals surface area contributed by atoms with Crippen molar-refractivity contribution in [1.82, 2.24) is 9.78 Å². The number of carbonyl (C=O) groups is 1. The van der Waals surface area contributed by atoms with E-state index in [1.807, 2.05) is 6.92 Å². The Labute approximate surface area is 88.0 Å². The molecule has 0 aliphatic rings. The zero-order valence-corrected chi connectivity index (χ0v) is 9.08. The molecular formula is C9H14ClN3O. The molecule has 14 heavy (non-hydrogen) atoms. The monoisotopic (exact) mass is 215 g/mol. The molecule has 0 fully saturated rings. The predicted molar refractivity (Wildman–Crippen MR) is 55.4 cm³/mol. The van der Waals surface area contributed by atoms with E-state index in [0.29, 0.717) is 17.1 Å². The van der Waals surface area contributed by atoms with Gasteiger partial charge in [-0.2, -0.15) is 5.10 Å². The van der Waals surface area contributed by atoms with Crippen LogP contribution in [-0.2, 0) is 7.05 Å². The third-order valence-corrected chi connectivity index (χ3v) is 2.34. The van der Waals surface area contributed by atoms with Gasteiger partial charge in [-0.25, -0.2) is 0 Å². The van der Waals surface area contributed by atoms with Crippen LogP contribution in [0.4, 0.5) is 0 Å². The SMILES string of the molecule is CCCC(N)C(=O)c1c(Cl)cnn1C. The van der Waals surface area contributed by atoms with Crippen molar-refractivity contribution in [3.8, 4) is 0 Å². The van der Waals surface area contributed by atoms with Gasteiger partial charge in [0.1, 0.15) is 5.69 Å². The summed E-state index contributed by atoms with van der Waals surface area (Å²) >= 11 is 5.82. The molecule has 5 heteroatoms. The number of nitrogens with zero attached hydrogens (tertiary/aromatic N) is 2. The molecule has 0 spiro atoms. The highest BCUT2D eigenvalue weighted by Gasteiger charge is 2.21. The second kappa shape index (κ2) is 4.57. The van der Waals surface area contributed by atoms with Gasteiger partial charge in [-0.15, -0.1) is 0 Å². The van der Waals surface area contributed by atoms with Crippen LogP contribution in [0.25, 0.3) is 0 Å². The Morgan fingerprint density at radius 3 is 2.86 bits per heavy atom. The Morgan fingerprint density at radius 1 is 1.79 bits per heavy atom. The third kappa shape index (κ3) is 2.13. The van der Waals surface area contributed by atoms with E-state index in [2.05, 4.69) is 5.10 Å². The fourth-order valence-corrected chi connectivity index (χ4v) is 1.56. The van der Waals surface area contributed by atoms with Crippen molar-refractivity contribution in [1.29, 1.82) is 0 Å². The van der Waals surface area contributed by atoms with Gasteiger partial charge in [0.05, 0.1) is 17.3 Å². The first-order valence-electron chi connectivity index (χ1n) is 4.55. The average Bonchev–Trinajstić information content (AvgIpc) is 2.46. The zero-order chi connectivity index (χ0) is 10.7. The van der Waals surface area contributed by atoms with Gasteiger partial charge < -0.3 is 5.73 Å². The van der Waals surface area contributed by atoms with Crippen molar-refractivity contribution < 1.29 is 4.79 Å². The number of carbonyl (C=O) groups excluding carboxylic acids is 1. The molecule has 0 aromatic carbocycles. The largest absolute Gasteiger partial charge is 0.321 e. The maximum absolute atomic E-state index is 11.8. The fraction of sp³-hybridized carbons (Fsp3) is 0.556. The molecule has 0 saturated heterocycles. The predicted octanol–water partition coefficient (Wildman–Crippen LogP) is 1.38. The van der Waals surface area contributed by atoms with Gasteiger partial charge in [-0.05, 0) is 6.42 Å². The molecule has 0 aliphatic heterocycles. The van der Waals surface area contributed by atoms with E-state index in [-0.39, 0.29) is 5.78 Å². The van der Waals surface area contributed by atoms with Gasteiger partial charge in [-0.3, -0.25) is 9.48 Å². The molecule has 0 bridgehead atoms. The Hall–Kier alpha value is -0.870. The maximum Gasteiger partial charge on any atom is 0.198 e. The Kier molecular flexibility index (Phi) is 3.66. The summed E-state index contributed by atoms with van der Waals surface area (Å²) in [4.78, 5) is 11.8. The van der Waals surface area contributed by atoms with Crippen LogP contribution in [0.3, 0.4) is 0 Å². The van der Waals surface area contributed by atoms with Crippen LogP contribution >= 0.6 is 11.6 Å². The summed E-state index contributed by atoms with van der Waals surface area (Å²) in [6, 6.07) is -0.479. The molecule has 78 valence electrons. The van der Waals surface area contributed by atoms with E-state index in [1.165, 1.54) is 10.9 Å². The van der Waals surface area contributed by atoms with Crippen molar-refractivity contribution >= 4 is 17.4 Å². The lowest BCUT2D eigenvalue weighted by Crippen LogP contribution is -2.31. The van der Waals surface area contributed by atoms with Gasteiger partial charge in [0.15, 0.2) is 5.78 Å². The van der Waals surface area contributed by atoms with Crippen LogP contribution in [0.1, 0.15) is 30.3 Å². The van der Waals surface area contributed by atoms with Crippen molar-refractivity contribution in [2.45, 2.75) is 25.8 Å². The van der Waals surface area contributed by atoms with E-state index in [0.717, 1.165) is 6.42 Å². The van der Waals surface area contributed by atoms with Crippen LogP contribution in [0.5, 0.6) is 0 Å². The zero-order valence-electron chi connectivity index (χ0n) is 8.33. The first-order valence-corrected chi connectivity index (χ1v) is 4.93. The first kappa shape index (κ1) is 11.2. The van der Waals surface area contributed by atoms with Gasteiger partial charge >= 0.3 is 0 Å². The summed E-state index contributed by atoms with van der Waals surface area (Å²) < 4.78 is 1.46. The minimum absolute atomic E-state index is 0.142. The van der Waals surface area contributed by atoms with E-state index >= 15 is 0 Å². The minimum atomic E-state index is -0.479. The lowest BCUT2D eigenvalue weighted by Gasteiger charge is -2.09. The normalized spacial score (nSPS) is 12.9. The molecule has 0 amide bonds. The lowest BCUT2D eigenvalue weighted by atomic mass is 10.1. The van der Waals surface area contributed by atoms with Crippen LogP contribution in [-0.4, -0.2) is 21.6 Å². The van der Waals surface area contributed by atoms with Gasteiger partial charge in [-0.1, -0.05) is 24.9 Å². The maximum atomic E-state index is 11.8. The molecule has 1 atom stereocenters. The van der Waals surface area contributed by atoms with Crippen LogP contribution in [0, 0.1) is 0 Å². The Balaban J connectivity index is 2.88. The van der Waals surface area contributed by atoms with Crippen molar-refractivity contribution in [3.05, 3.63) is 16.9 Å². The van der Waals surface area contributed by atoms with Crippen molar-refractivity contribution in [3.63, 3.8) is 0 Å². The van der Waals surface area contributed by atoms with E-state index in [9.17, 15) is 4.79 Å². The smallest absolute Gasteiger partial charge is 0.198 e. The number of ketones is 1. The first-order chi connectivity index (χ1) is 6.57. The van der Waals surface area contributed by atoms with Gasteiger partial charge in [0.2, 0.25) is 0 Å². The van der Waals surface area contributed by atoms with Crippen LogP contribution in [0.2, 0.25) is 5.02 Å². The average molecular weight is 216 g/mol. The summed E-state index contributed by atoms with van der Waals surface area (Å²) in [5.41, 5.74) is 6.10. The number of Topliss-reactive ketones (excluding diaryl/α,β-unsaturated/α-hetero) is 1. The third-order valence-electron chi connectivity index (χ3n) is 2.06. The molecule has 0 radical (unpaired) electrons. The number of aromatic nitrogens is 2. The second-order valence-electron chi connectivity index (χ2n) is 3.22. The van der Waals surface area contributed by atoms with Gasteiger partial charge in [0, 0.05) is 7.05 Å². The quantitative estimate of drug-likeness (QED) is 0.772. The topological polar surface area (TPSA) is 60.9 Å². The highest BCUT2D eigenvalue weighted by Crippen LogP contribution is 2.16. The summed E-state index contributed by atoms with van der Waals surface area (Å²) in [5, 5.41) is 4.25. The summed E-state index contributed by atoms with van der Waals surface area (Å²) in [6.07, 6.45) is 3.00. The Bertz CT molecular complexity index is 315. The molecule has 1 unspecified atom stereocenters. The molecule has 0 aliphatic carbocycles. The number of hydrogen-bond acceptors (Lipinski definition) is 3. The number of aryl methyl sites for hydroxylation is 1. The standard InChI is InChI=1S/C9H14ClN3O/c1-3-4-7(11)9(14)8-6(10)5-12-13(8)2/h5,7H,3-4,11H2,1-2H3. The van der Waals surface area contributed by atoms with E-state index in [1.54, 1.807) is 7.05 Å². The summed E-state index contributed by atoms with van der Waals surface area (Å²) in [5.74, 6) is -0.142. The molecule has 1 heterocycles. The number of rotatable bonds is 4. The highest BCUT2D eigenvalue weighted by molar-refractivity contribution is 6.33. The minimum Gasteiger partial charge on any atom is -0.321 e. The number of hydrogen-bond donors (Lipinski definition) is 1. The lowest BCUT2D eigenvalue weighted by molar-refractivity contribution is 0.0947. The van der Waals surface area contributed by atoms with Crippen LogP contribution < -0.4 is 5.73 Å². The molecular weight excluding hydrogens is 202 g/mol. The molecule has 1 rings (SSSR count). The summed E-state index contributed by atoms with van der Waals surface area (Å²) in [7, 11) is 1.68.